The van der Waals surface area contributed by atoms with Gasteiger partial charge in [-0.3, -0.25) is 0 Å². The number of carbonyl (C=O) groups is 1. The van der Waals surface area contributed by atoms with Crippen LogP contribution in [0.5, 0.6) is 0 Å². The lowest BCUT2D eigenvalue weighted by Crippen LogP contribution is -2.36. The van der Waals surface area contributed by atoms with Gasteiger partial charge in [-0.05, 0) is 31.9 Å². The standard InChI is InChI=1S/C15H21NO4S/c1-11-5-8-14(9-6-11)21(18,19)16-13(3)12(2)7-10-15(17)20-4/h5-10,12-13,16H,1-4H3/b10-7-/t12-,13-/m0/s1. The molecule has 0 fully saturated rings. The van der Waals surface area contributed by atoms with Gasteiger partial charge in [-0.25, -0.2) is 17.9 Å². The molecule has 0 heterocycles. The molecule has 0 aliphatic carbocycles. The molecule has 1 N–H and O–H groups in total. The Bertz CT molecular complexity index is 605. The molecular weight excluding hydrogens is 290 g/mol. The van der Waals surface area contributed by atoms with Crippen molar-refractivity contribution in [1.82, 2.24) is 4.72 Å². The predicted octanol–water partition coefficient (Wildman–Crippen LogP) is 2.03. The topological polar surface area (TPSA) is 72.5 Å². The Morgan fingerprint density at radius 1 is 1.24 bits per heavy atom. The van der Waals surface area contributed by atoms with Crippen LogP contribution in [0.15, 0.2) is 41.3 Å². The molecule has 2 atom stereocenters. The predicted molar refractivity (Wildman–Crippen MR) is 81.3 cm³/mol. The van der Waals surface area contributed by atoms with Gasteiger partial charge < -0.3 is 4.74 Å². The summed E-state index contributed by atoms with van der Waals surface area (Å²) >= 11 is 0. The molecule has 0 saturated heterocycles. The number of ether oxygens (including phenoxy) is 1. The molecule has 0 spiro atoms. The molecule has 1 rings (SSSR count). The molecule has 0 radical (unpaired) electrons. The third-order valence-electron chi connectivity index (χ3n) is 3.20. The number of carbonyl (C=O) groups excluding carboxylic acids is 1. The van der Waals surface area contributed by atoms with Crippen LogP contribution in [-0.4, -0.2) is 27.5 Å². The van der Waals surface area contributed by atoms with Crippen LogP contribution >= 0.6 is 0 Å². The first-order valence-corrected chi connectivity index (χ1v) is 8.09. The normalized spacial score (nSPS) is 14.9. The summed E-state index contributed by atoms with van der Waals surface area (Å²) in [5.74, 6) is -0.611. The molecule has 0 aliphatic heterocycles. The van der Waals surface area contributed by atoms with Gasteiger partial charge in [0.05, 0.1) is 12.0 Å². The van der Waals surface area contributed by atoms with E-state index < -0.39 is 16.0 Å². The minimum atomic E-state index is -3.57. The monoisotopic (exact) mass is 311 g/mol. The van der Waals surface area contributed by atoms with Crippen molar-refractivity contribution in [1.29, 1.82) is 0 Å². The summed E-state index contributed by atoms with van der Waals surface area (Å²) in [4.78, 5) is 11.3. The second-order valence-electron chi connectivity index (χ2n) is 4.96. The highest BCUT2D eigenvalue weighted by Crippen LogP contribution is 2.13. The summed E-state index contributed by atoms with van der Waals surface area (Å²) in [6.45, 7) is 5.46. The molecule has 0 amide bonds. The number of aryl methyl sites for hydroxylation is 1. The number of rotatable bonds is 6. The molecule has 5 nitrogen and oxygen atoms in total. The second kappa shape index (κ2) is 7.38. The van der Waals surface area contributed by atoms with Crippen molar-refractivity contribution in [2.45, 2.75) is 31.7 Å². The largest absolute Gasteiger partial charge is 0.466 e. The Hall–Kier alpha value is -1.66. The molecule has 0 unspecified atom stereocenters. The second-order valence-corrected chi connectivity index (χ2v) is 6.68. The summed E-state index contributed by atoms with van der Waals surface area (Å²) in [6.07, 6.45) is 2.91. The first-order valence-electron chi connectivity index (χ1n) is 6.61. The van der Waals surface area contributed by atoms with Crippen molar-refractivity contribution in [3.05, 3.63) is 42.0 Å². The van der Waals surface area contributed by atoms with Gasteiger partial charge >= 0.3 is 5.97 Å². The zero-order valence-electron chi connectivity index (χ0n) is 12.7. The molecule has 1 aromatic rings. The van der Waals surface area contributed by atoms with Crippen molar-refractivity contribution in [2.75, 3.05) is 7.11 Å². The van der Waals surface area contributed by atoms with Crippen LogP contribution in [0.3, 0.4) is 0 Å². The van der Waals surface area contributed by atoms with Crippen molar-refractivity contribution >= 4 is 16.0 Å². The van der Waals surface area contributed by atoms with E-state index in [1.807, 2.05) is 13.8 Å². The number of nitrogens with one attached hydrogen (secondary N) is 1. The van der Waals surface area contributed by atoms with E-state index >= 15 is 0 Å². The van der Waals surface area contributed by atoms with Crippen molar-refractivity contribution in [3.63, 3.8) is 0 Å². The van der Waals surface area contributed by atoms with Gasteiger partial charge in [-0.15, -0.1) is 0 Å². The highest BCUT2D eigenvalue weighted by atomic mass is 32.2. The van der Waals surface area contributed by atoms with Crippen molar-refractivity contribution < 1.29 is 17.9 Å². The first-order chi connectivity index (χ1) is 9.76. The van der Waals surface area contributed by atoms with E-state index in [1.54, 1.807) is 37.3 Å². The highest BCUT2D eigenvalue weighted by molar-refractivity contribution is 7.89. The fourth-order valence-corrected chi connectivity index (χ4v) is 2.94. The van der Waals surface area contributed by atoms with Crippen molar-refractivity contribution in [3.8, 4) is 0 Å². The Labute approximate surface area is 126 Å². The molecule has 1 aromatic carbocycles. The Morgan fingerprint density at radius 3 is 2.33 bits per heavy atom. The van der Waals surface area contributed by atoms with Crippen LogP contribution in [0.4, 0.5) is 0 Å². The SMILES string of the molecule is COC(=O)/C=C\[C@H](C)[C@H](C)NS(=O)(=O)c1ccc(C)cc1. The molecule has 0 saturated carbocycles. The Kier molecular flexibility index (Phi) is 6.11. The van der Waals surface area contributed by atoms with Gasteiger partial charge in [-0.1, -0.05) is 30.7 Å². The van der Waals surface area contributed by atoms with Gasteiger partial charge in [0.15, 0.2) is 0 Å². The number of esters is 1. The average Bonchev–Trinajstić information content (AvgIpc) is 2.44. The van der Waals surface area contributed by atoms with Gasteiger partial charge in [0, 0.05) is 12.1 Å². The molecule has 6 heteroatoms. The van der Waals surface area contributed by atoms with Crippen LogP contribution < -0.4 is 4.72 Å². The minimum Gasteiger partial charge on any atom is -0.466 e. The van der Waals surface area contributed by atoms with Crippen LogP contribution in [0, 0.1) is 12.8 Å². The fraction of sp³-hybridized carbons (Fsp3) is 0.400. The molecule has 0 bridgehead atoms. The molecule has 0 aliphatic rings. The molecule has 116 valence electrons. The quantitative estimate of drug-likeness (QED) is 0.644. The van der Waals surface area contributed by atoms with E-state index in [-0.39, 0.29) is 16.9 Å². The van der Waals surface area contributed by atoms with Crippen LogP contribution in [-0.2, 0) is 19.6 Å². The summed E-state index contributed by atoms with van der Waals surface area (Å²) in [7, 11) is -2.27. The zero-order valence-corrected chi connectivity index (χ0v) is 13.5. The first kappa shape index (κ1) is 17.4. The average molecular weight is 311 g/mol. The van der Waals surface area contributed by atoms with E-state index in [1.165, 1.54) is 13.2 Å². The summed E-state index contributed by atoms with van der Waals surface area (Å²) in [5, 5.41) is 0. The maximum absolute atomic E-state index is 12.2. The van der Waals surface area contributed by atoms with Gasteiger partial charge in [0.2, 0.25) is 10.0 Å². The van der Waals surface area contributed by atoms with Crippen LogP contribution in [0.1, 0.15) is 19.4 Å². The Balaban J connectivity index is 2.76. The van der Waals surface area contributed by atoms with Gasteiger partial charge in [0.25, 0.3) is 0 Å². The number of hydrogen-bond acceptors (Lipinski definition) is 4. The smallest absolute Gasteiger partial charge is 0.330 e. The van der Waals surface area contributed by atoms with Crippen LogP contribution in [0.2, 0.25) is 0 Å². The lowest BCUT2D eigenvalue weighted by Gasteiger charge is -2.18. The summed E-state index contributed by atoms with van der Waals surface area (Å²) < 4.78 is 31.6. The summed E-state index contributed by atoms with van der Waals surface area (Å²) in [5.41, 5.74) is 0.997. The zero-order chi connectivity index (χ0) is 16.0. The fourth-order valence-electron chi connectivity index (χ4n) is 1.60. The van der Waals surface area contributed by atoms with E-state index in [0.717, 1.165) is 5.56 Å². The van der Waals surface area contributed by atoms with E-state index in [9.17, 15) is 13.2 Å². The lowest BCUT2D eigenvalue weighted by molar-refractivity contribution is -0.134. The maximum Gasteiger partial charge on any atom is 0.330 e. The third kappa shape index (κ3) is 5.32. The van der Waals surface area contributed by atoms with E-state index in [0.29, 0.717) is 0 Å². The van der Waals surface area contributed by atoms with Crippen LogP contribution in [0.25, 0.3) is 0 Å². The number of hydrogen-bond donors (Lipinski definition) is 1. The number of benzene rings is 1. The van der Waals surface area contributed by atoms with Gasteiger partial charge in [-0.2, -0.15) is 0 Å². The number of sulfonamides is 1. The van der Waals surface area contributed by atoms with E-state index in [4.69, 9.17) is 0 Å². The molecule has 0 aromatic heterocycles. The number of methoxy groups -OCH3 is 1. The minimum absolute atomic E-state index is 0.149. The molecular formula is C15H21NO4S. The lowest BCUT2D eigenvalue weighted by atomic mass is 10.0. The van der Waals surface area contributed by atoms with E-state index in [2.05, 4.69) is 9.46 Å². The maximum atomic E-state index is 12.2. The Morgan fingerprint density at radius 2 is 1.81 bits per heavy atom. The highest BCUT2D eigenvalue weighted by Gasteiger charge is 2.19. The molecule has 21 heavy (non-hydrogen) atoms. The van der Waals surface area contributed by atoms with Crippen molar-refractivity contribution in [2.24, 2.45) is 5.92 Å². The van der Waals surface area contributed by atoms with Gasteiger partial charge in [0.1, 0.15) is 0 Å². The third-order valence-corrected chi connectivity index (χ3v) is 4.77. The summed E-state index contributed by atoms with van der Waals surface area (Å²) in [6, 6.07) is 6.29.